The van der Waals surface area contributed by atoms with Crippen molar-refractivity contribution in [2.45, 2.75) is 6.18 Å². The summed E-state index contributed by atoms with van der Waals surface area (Å²) in [7, 11) is 1.73. The molecule has 0 fully saturated rings. The largest absolute Gasteiger partial charge is 0.417 e. The van der Waals surface area contributed by atoms with Gasteiger partial charge < -0.3 is 4.57 Å². The van der Waals surface area contributed by atoms with Crippen LogP contribution in [0.15, 0.2) is 30.5 Å². The van der Waals surface area contributed by atoms with E-state index in [4.69, 9.17) is 23.2 Å². The molecule has 0 aliphatic rings. The lowest BCUT2D eigenvalue weighted by Crippen LogP contribution is -2.05. The van der Waals surface area contributed by atoms with Crippen LogP contribution in [0.25, 0.3) is 22.8 Å². The fourth-order valence-corrected chi connectivity index (χ4v) is 3.48. The zero-order chi connectivity index (χ0) is 19.8. The molecule has 142 valence electrons. The summed E-state index contributed by atoms with van der Waals surface area (Å²) in [5.41, 5.74) is 1.43. The van der Waals surface area contributed by atoms with Gasteiger partial charge in [0.2, 0.25) is 0 Å². The number of fused-ring (bicyclic) bond motifs is 1. The average molecular weight is 432 g/mol. The second-order valence-electron chi connectivity index (χ2n) is 5.84. The molecule has 3 rings (SSSR count). The van der Waals surface area contributed by atoms with Gasteiger partial charge in [0.1, 0.15) is 11.3 Å². The maximum absolute atomic E-state index is 12.9. The molecule has 27 heavy (non-hydrogen) atoms. The van der Waals surface area contributed by atoms with Crippen LogP contribution in [-0.4, -0.2) is 26.5 Å². The predicted octanol–water partition coefficient (Wildman–Crippen LogP) is 6.20. The third-order valence-electron chi connectivity index (χ3n) is 3.91. The number of thioether (sulfide) groups is 1. The van der Waals surface area contributed by atoms with E-state index in [1.807, 2.05) is 18.4 Å². The summed E-state index contributed by atoms with van der Waals surface area (Å²) >= 11 is 13.6. The van der Waals surface area contributed by atoms with Crippen LogP contribution in [-0.2, 0) is 13.2 Å². The summed E-state index contributed by atoms with van der Waals surface area (Å²) in [5, 5.41) is 0.877. The number of halogens is 5. The molecule has 3 aromatic rings. The van der Waals surface area contributed by atoms with Crippen molar-refractivity contribution in [2.24, 2.45) is 7.05 Å². The second kappa shape index (κ2) is 7.73. The first-order valence-electron chi connectivity index (χ1n) is 7.75. The van der Waals surface area contributed by atoms with Gasteiger partial charge in [-0.2, -0.15) is 24.9 Å². The van der Waals surface area contributed by atoms with E-state index >= 15 is 0 Å². The van der Waals surface area contributed by atoms with Gasteiger partial charge in [-0.3, -0.25) is 0 Å². The molecule has 0 saturated carbocycles. The second-order valence-corrected chi connectivity index (χ2v) is 7.52. The molecule has 0 bridgehead atoms. The molecule has 0 N–H and O–H groups in total. The summed E-state index contributed by atoms with van der Waals surface area (Å²) < 4.78 is 40.5. The minimum Gasteiger partial charge on any atom is -0.312 e. The van der Waals surface area contributed by atoms with Crippen molar-refractivity contribution in [2.75, 3.05) is 12.0 Å². The fraction of sp³-hybridized carbons (Fsp3) is 0.222. The highest BCUT2D eigenvalue weighted by atomic mass is 35.5. The van der Waals surface area contributed by atoms with Crippen molar-refractivity contribution in [1.82, 2.24) is 14.5 Å². The van der Waals surface area contributed by atoms with Gasteiger partial charge in [0, 0.05) is 24.6 Å². The monoisotopic (exact) mass is 431 g/mol. The summed E-state index contributed by atoms with van der Waals surface area (Å²) in [4.78, 5) is 8.35. The van der Waals surface area contributed by atoms with Crippen LogP contribution in [0, 0.1) is 0 Å². The molecule has 3 nitrogen and oxygen atoms in total. The van der Waals surface area contributed by atoms with Gasteiger partial charge in [0.05, 0.1) is 15.6 Å². The van der Waals surface area contributed by atoms with Crippen LogP contribution < -0.4 is 0 Å². The number of nitrogens with zero attached hydrogens (tertiary/aromatic N) is 3. The lowest BCUT2D eigenvalue weighted by atomic mass is 10.1. The number of alkyl halides is 3. The van der Waals surface area contributed by atoms with Gasteiger partial charge >= 0.3 is 6.18 Å². The summed E-state index contributed by atoms with van der Waals surface area (Å²) in [6.07, 6.45) is 0.192. The zero-order valence-corrected chi connectivity index (χ0v) is 16.6. The average Bonchev–Trinajstić information content (AvgIpc) is 2.93. The summed E-state index contributed by atoms with van der Waals surface area (Å²) in [6, 6.07) is 6.25. The van der Waals surface area contributed by atoms with Crippen molar-refractivity contribution >= 4 is 57.8 Å². The maximum Gasteiger partial charge on any atom is 0.417 e. The van der Waals surface area contributed by atoms with Crippen LogP contribution in [0.2, 0.25) is 10.0 Å². The Morgan fingerprint density at radius 1 is 1.22 bits per heavy atom. The van der Waals surface area contributed by atoms with E-state index in [2.05, 4.69) is 9.97 Å². The standard InChI is InChI=1S/C18H14Cl2F3N3S/c1-26-16(25-15-7-12(18(21,22)23)8-24-17(15)26)11(9-27-2)5-10-3-4-13(19)14(20)6-10/h3-8H,9H2,1-2H3/b11-5+. The Bertz CT molecular complexity index is 1030. The van der Waals surface area contributed by atoms with Gasteiger partial charge in [-0.1, -0.05) is 29.3 Å². The third-order valence-corrected chi connectivity index (χ3v) is 5.25. The van der Waals surface area contributed by atoms with Gasteiger partial charge in [-0.25, -0.2) is 9.97 Å². The van der Waals surface area contributed by atoms with Gasteiger partial charge in [-0.15, -0.1) is 0 Å². The highest BCUT2D eigenvalue weighted by Gasteiger charge is 2.31. The lowest BCUT2D eigenvalue weighted by Gasteiger charge is -2.07. The highest BCUT2D eigenvalue weighted by molar-refractivity contribution is 7.99. The first-order valence-corrected chi connectivity index (χ1v) is 9.90. The van der Waals surface area contributed by atoms with Crippen molar-refractivity contribution in [3.8, 4) is 0 Å². The first kappa shape index (κ1) is 20.0. The molecule has 1 aromatic carbocycles. The Morgan fingerprint density at radius 3 is 2.59 bits per heavy atom. The van der Waals surface area contributed by atoms with Crippen molar-refractivity contribution in [1.29, 1.82) is 0 Å². The van der Waals surface area contributed by atoms with E-state index < -0.39 is 11.7 Å². The van der Waals surface area contributed by atoms with Gasteiger partial charge in [0.25, 0.3) is 0 Å². The Labute approximate surface area is 168 Å². The molecule has 0 unspecified atom stereocenters. The van der Waals surface area contributed by atoms with Crippen molar-refractivity contribution < 1.29 is 13.2 Å². The van der Waals surface area contributed by atoms with E-state index in [-0.39, 0.29) is 5.52 Å². The predicted molar refractivity (Wildman–Crippen MR) is 106 cm³/mol. The molecule has 0 spiro atoms. The SMILES string of the molecule is CSC/C(=C\c1ccc(Cl)c(Cl)c1)c1nc2cc(C(F)(F)F)cnc2n1C. The molecule has 9 heteroatoms. The van der Waals surface area contributed by atoms with E-state index in [0.717, 1.165) is 23.4 Å². The molecule has 0 atom stereocenters. The molecular formula is C18H14Cl2F3N3S. The molecule has 0 radical (unpaired) electrons. The number of imidazole rings is 1. The smallest absolute Gasteiger partial charge is 0.312 e. The highest BCUT2D eigenvalue weighted by Crippen LogP contribution is 2.32. The third kappa shape index (κ3) is 4.25. The fourth-order valence-electron chi connectivity index (χ4n) is 2.65. The Balaban J connectivity index is 2.12. The number of aromatic nitrogens is 3. The quantitative estimate of drug-likeness (QED) is 0.492. The van der Waals surface area contributed by atoms with Crippen LogP contribution in [0.3, 0.4) is 0 Å². The molecular weight excluding hydrogens is 418 g/mol. The van der Waals surface area contributed by atoms with Crippen molar-refractivity contribution in [3.63, 3.8) is 0 Å². The van der Waals surface area contributed by atoms with E-state index in [1.165, 1.54) is 0 Å². The molecule has 2 aromatic heterocycles. The van der Waals surface area contributed by atoms with Gasteiger partial charge in [0.15, 0.2) is 5.65 Å². The van der Waals surface area contributed by atoms with E-state index in [9.17, 15) is 13.2 Å². The molecule has 0 amide bonds. The lowest BCUT2D eigenvalue weighted by molar-refractivity contribution is -0.137. The van der Waals surface area contributed by atoms with E-state index in [0.29, 0.717) is 27.3 Å². The Morgan fingerprint density at radius 2 is 1.96 bits per heavy atom. The Hall–Kier alpha value is -1.70. The number of hydrogen-bond donors (Lipinski definition) is 0. The van der Waals surface area contributed by atoms with Crippen LogP contribution in [0.5, 0.6) is 0 Å². The number of benzene rings is 1. The molecule has 0 aliphatic heterocycles. The number of hydrogen-bond acceptors (Lipinski definition) is 3. The topological polar surface area (TPSA) is 30.7 Å². The molecule has 0 saturated heterocycles. The normalized spacial score (nSPS) is 12.8. The molecule has 0 aliphatic carbocycles. The molecule has 2 heterocycles. The summed E-state index contributed by atoms with van der Waals surface area (Å²) in [6.45, 7) is 0. The van der Waals surface area contributed by atoms with E-state index in [1.54, 1.807) is 35.5 Å². The minimum atomic E-state index is -4.46. The van der Waals surface area contributed by atoms with Crippen molar-refractivity contribution in [3.05, 3.63) is 57.5 Å². The summed E-state index contributed by atoms with van der Waals surface area (Å²) in [5.74, 6) is 1.17. The Kier molecular flexibility index (Phi) is 5.74. The maximum atomic E-state index is 12.9. The van der Waals surface area contributed by atoms with Crippen LogP contribution in [0.4, 0.5) is 13.2 Å². The number of rotatable bonds is 4. The number of pyridine rings is 1. The minimum absolute atomic E-state index is 0.198. The number of aryl methyl sites for hydroxylation is 1. The first-order chi connectivity index (χ1) is 12.7. The van der Waals surface area contributed by atoms with Gasteiger partial charge in [-0.05, 0) is 36.1 Å². The van der Waals surface area contributed by atoms with Crippen LogP contribution >= 0.6 is 35.0 Å². The van der Waals surface area contributed by atoms with Crippen LogP contribution in [0.1, 0.15) is 17.0 Å². The zero-order valence-electron chi connectivity index (χ0n) is 14.3.